The van der Waals surface area contributed by atoms with Gasteiger partial charge in [0.25, 0.3) is 0 Å². The molecule has 0 aromatic carbocycles. The third-order valence-corrected chi connectivity index (χ3v) is 4.15. The fourth-order valence-electron chi connectivity index (χ4n) is 2.13. The van der Waals surface area contributed by atoms with E-state index in [9.17, 15) is 9.59 Å². The second-order valence-electron chi connectivity index (χ2n) is 5.13. The zero-order valence-electron chi connectivity index (χ0n) is 10.9. The Kier molecular flexibility index (Phi) is 3.43. The maximum Gasteiger partial charge on any atom is 0.246 e. The van der Waals surface area contributed by atoms with Gasteiger partial charge >= 0.3 is 0 Å². The van der Waals surface area contributed by atoms with Crippen LogP contribution in [0.3, 0.4) is 0 Å². The Bertz CT molecular complexity index is 454. The Labute approximate surface area is 111 Å². The van der Waals surface area contributed by atoms with E-state index in [-0.39, 0.29) is 11.8 Å². The van der Waals surface area contributed by atoms with Gasteiger partial charge in [-0.3, -0.25) is 9.59 Å². The predicted octanol–water partition coefficient (Wildman–Crippen LogP) is 1.42. The maximum atomic E-state index is 12.2. The van der Waals surface area contributed by atoms with Crippen molar-refractivity contribution in [2.24, 2.45) is 0 Å². The topological polar surface area (TPSA) is 49.4 Å². The molecule has 1 atom stereocenters. The number of amides is 2. The first kappa shape index (κ1) is 13.1. The van der Waals surface area contributed by atoms with Gasteiger partial charge in [-0.25, -0.2) is 0 Å². The van der Waals surface area contributed by atoms with Gasteiger partial charge in [-0.15, -0.1) is 0 Å². The van der Waals surface area contributed by atoms with E-state index in [0.29, 0.717) is 6.54 Å². The molecule has 18 heavy (non-hydrogen) atoms. The third-order valence-electron chi connectivity index (χ3n) is 3.42. The van der Waals surface area contributed by atoms with E-state index in [1.165, 1.54) is 5.56 Å². The smallest absolute Gasteiger partial charge is 0.246 e. The van der Waals surface area contributed by atoms with Gasteiger partial charge in [-0.2, -0.15) is 11.3 Å². The van der Waals surface area contributed by atoms with Gasteiger partial charge in [-0.1, -0.05) is 0 Å². The standard InChI is InChI=1S/C13H18N2O2S/c1-9-11(16)15(13(2,3)12(17)14-9)6-4-10-5-7-18-8-10/h5,7-9H,4,6H2,1-3H3,(H,14,17). The van der Waals surface area contributed by atoms with Crippen molar-refractivity contribution in [1.29, 1.82) is 0 Å². The van der Waals surface area contributed by atoms with Crippen molar-refractivity contribution in [1.82, 2.24) is 10.2 Å². The molecule has 2 rings (SSSR count). The summed E-state index contributed by atoms with van der Waals surface area (Å²) < 4.78 is 0. The minimum absolute atomic E-state index is 0.00479. The number of nitrogens with zero attached hydrogens (tertiary/aromatic N) is 1. The van der Waals surface area contributed by atoms with Gasteiger partial charge in [0.05, 0.1) is 0 Å². The average Bonchev–Trinajstić information content (AvgIpc) is 2.79. The monoisotopic (exact) mass is 266 g/mol. The van der Waals surface area contributed by atoms with Crippen LogP contribution in [0.5, 0.6) is 0 Å². The molecule has 0 bridgehead atoms. The third kappa shape index (κ3) is 2.27. The number of nitrogens with one attached hydrogen (secondary N) is 1. The molecule has 0 radical (unpaired) electrons. The molecule has 0 aliphatic carbocycles. The van der Waals surface area contributed by atoms with E-state index in [0.717, 1.165) is 6.42 Å². The fraction of sp³-hybridized carbons (Fsp3) is 0.538. The quantitative estimate of drug-likeness (QED) is 0.899. The summed E-state index contributed by atoms with van der Waals surface area (Å²) in [6, 6.07) is 1.63. The van der Waals surface area contributed by atoms with Crippen molar-refractivity contribution in [3.63, 3.8) is 0 Å². The van der Waals surface area contributed by atoms with Crippen molar-refractivity contribution in [2.75, 3.05) is 6.54 Å². The molecular formula is C13H18N2O2S. The summed E-state index contributed by atoms with van der Waals surface area (Å²) in [6.07, 6.45) is 0.790. The van der Waals surface area contributed by atoms with Crippen LogP contribution in [-0.2, 0) is 16.0 Å². The Hall–Kier alpha value is -1.36. The zero-order chi connectivity index (χ0) is 13.3. The van der Waals surface area contributed by atoms with E-state index in [4.69, 9.17) is 0 Å². The Morgan fingerprint density at radius 1 is 1.44 bits per heavy atom. The SMILES string of the molecule is CC1NC(=O)C(C)(C)N(CCc2ccsc2)C1=O. The van der Waals surface area contributed by atoms with Crippen LogP contribution in [0.2, 0.25) is 0 Å². The highest BCUT2D eigenvalue weighted by molar-refractivity contribution is 7.07. The second-order valence-corrected chi connectivity index (χ2v) is 5.91. The molecule has 0 saturated carbocycles. The maximum absolute atomic E-state index is 12.2. The van der Waals surface area contributed by atoms with Crippen molar-refractivity contribution in [2.45, 2.75) is 38.8 Å². The Balaban J connectivity index is 2.12. The number of carbonyl (C=O) groups is 2. The van der Waals surface area contributed by atoms with Gasteiger partial charge in [0, 0.05) is 6.54 Å². The average molecular weight is 266 g/mol. The molecule has 4 nitrogen and oxygen atoms in total. The van der Waals surface area contributed by atoms with E-state index < -0.39 is 11.6 Å². The number of carbonyl (C=O) groups excluding carboxylic acids is 2. The first-order valence-electron chi connectivity index (χ1n) is 6.06. The lowest BCUT2D eigenvalue weighted by molar-refractivity contribution is -0.154. The molecule has 1 aliphatic heterocycles. The molecule has 0 spiro atoms. The van der Waals surface area contributed by atoms with Gasteiger partial charge in [-0.05, 0) is 49.6 Å². The van der Waals surface area contributed by atoms with Gasteiger partial charge in [0.1, 0.15) is 11.6 Å². The van der Waals surface area contributed by atoms with Crippen LogP contribution < -0.4 is 5.32 Å². The van der Waals surface area contributed by atoms with E-state index >= 15 is 0 Å². The summed E-state index contributed by atoms with van der Waals surface area (Å²) >= 11 is 1.65. The molecule has 2 heterocycles. The van der Waals surface area contributed by atoms with Crippen LogP contribution in [0.1, 0.15) is 26.3 Å². The minimum Gasteiger partial charge on any atom is -0.343 e. The van der Waals surface area contributed by atoms with Crippen LogP contribution in [-0.4, -0.2) is 34.8 Å². The summed E-state index contributed by atoms with van der Waals surface area (Å²) in [6.45, 7) is 5.90. The first-order valence-corrected chi connectivity index (χ1v) is 7.00. The van der Waals surface area contributed by atoms with Gasteiger partial charge < -0.3 is 10.2 Å². The lowest BCUT2D eigenvalue weighted by Gasteiger charge is -2.43. The molecule has 1 unspecified atom stereocenters. The normalized spacial score (nSPS) is 23.1. The number of thiophene rings is 1. The summed E-state index contributed by atoms with van der Waals surface area (Å²) in [5.41, 5.74) is 0.446. The minimum atomic E-state index is -0.764. The lowest BCUT2D eigenvalue weighted by Crippen LogP contribution is -2.67. The molecule has 2 amide bonds. The summed E-state index contributed by atoms with van der Waals surface area (Å²) in [7, 11) is 0. The number of hydrogen-bond donors (Lipinski definition) is 1. The predicted molar refractivity (Wildman–Crippen MR) is 71.4 cm³/mol. The summed E-state index contributed by atoms with van der Waals surface area (Å²) in [5, 5.41) is 6.81. The van der Waals surface area contributed by atoms with Gasteiger partial charge in [0.2, 0.25) is 11.8 Å². The largest absolute Gasteiger partial charge is 0.343 e. The summed E-state index contributed by atoms with van der Waals surface area (Å²) in [4.78, 5) is 25.8. The van der Waals surface area contributed by atoms with Crippen LogP contribution in [0, 0.1) is 0 Å². The highest BCUT2D eigenvalue weighted by Crippen LogP contribution is 2.21. The highest BCUT2D eigenvalue weighted by atomic mass is 32.1. The van der Waals surface area contributed by atoms with Crippen LogP contribution in [0.25, 0.3) is 0 Å². The molecule has 1 aromatic rings. The Morgan fingerprint density at radius 2 is 2.17 bits per heavy atom. The molecule has 5 heteroatoms. The van der Waals surface area contributed by atoms with E-state index in [1.807, 2.05) is 5.38 Å². The Morgan fingerprint density at radius 3 is 2.78 bits per heavy atom. The van der Waals surface area contributed by atoms with Crippen molar-refractivity contribution in [3.8, 4) is 0 Å². The molecular weight excluding hydrogens is 248 g/mol. The fourth-order valence-corrected chi connectivity index (χ4v) is 2.84. The van der Waals surface area contributed by atoms with Crippen LogP contribution >= 0.6 is 11.3 Å². The zero-order valence-corrected chi connectivity index (χ0v) is 11.7. The van der Waals surface area contributed by atoms with Crippen LogP contribution in [0.15, 0.2) is 16.8 Å². The molecule has 1 fully saturated rings. The molecule has 1 aromatic heterocycles. The highest BCUT2D eigenvalue weighted by Gasteiger charge is 2.44. The molecule has 98 valence electrons. The first-order chi connectivity index (χ1) is 8.43. The number of rotatable bonds is 3. The molecule has 1 aliphatic rings. The van der Waals surface area contributed by atoms with E-state index in [1.54, 1.807) is 37.0 Å². The second kappa shape index (κ2) is 4.72. The number of piperazine rings is 1. The molecule has 1 N–H and O–H groups in total. The lowest BCUT2D eigenvalue weighted by atomic mass is 9.95. The number of hydrogen-bond acceptors (Lipinski definition) is 3. The summed E-state index contributed by atoms with van der Waals surface area (Å²) in [5.74, 6) is -0.0882. The van der Waals surface area contributed by atoms with E-state index in [2.05, 4.69) is 16.8 Å². The van der Waals surface area contributed by atoms with Crippen molar-refractivity contribution in [3.05, 3.63) is 22.4 Å². The van der Waals surface area contributed by atoms with Crippen LogP contribution in [0.4, 0.5) is 0 Å². The van der Waals surface area contributed by atoms with Gasteiger partial charge in [0.15, 0.2) is 0 Å². The van der Waals surface area contributed by atoms with Crippen molar-refractivity contribution < 1.29 is 9.59 Å². The molecule has 1 saturated heterocycles. The van der Waals surface area contributed by atoms with Crippen molar-refractivity contribution >= 4 is 23.2 Å².